The number of hydrogen-bond acceptors (Lipinski definition) is 6. The summed E-state index contributed by atoms with van der Waals surface area (Å²) >= 11 is 3.74. The molecule has 3 rings (SSSR count). The summed E-state index contributed by atoms with van der Waals surface area (Å²) in [4.78, 5) is 16.5. The summed E-state index contributed by atoms with van der Waals surface area (Å²) in [7, 11) is 1.77. The van der Waals surface area contributed by atoms with Gasteiger partial charge < -0.3 is 19.8 Å². The van der Waals surface area contributed by atoms with Crippen LogP contribution in [0.2, 0.25) is 0 Å². The van der Waals surface area contributed by atoms with Crippen molar-refractivity contribution in [3.8, 4) is 11.5 Å². The van der Waals surface area contributed by atoms with Gasteiger partial charge in [0.15, 0.2) is 0 Å². The fraction of sp³-hybridized carbons (Fsp3) is 0.639. The zero-order valence-electron chi connectivity index (χ0n) is 28.8. The molecular formula is C36H55NO4S2. The average Bonchev–Trinajstić information content (AvgIpc) is 2.86. The Hall–Kier alpha value is -1.83. The van der Waals surface area contributed by atoms with Crippen molar-refractivity contribution in [2.75, 3.05) is 26.8 Å². The summed E-state index contributed by atoms with van der Waals surface area (Å²) in [5.41, 5.74) is 3.60. The fourth-order valence-electron chi connectivity index (χ4n) is 5.66. The van der Waals surface area contributed by atoms with Crippen molar-refractivity contribution < 1.29 is 19.7 Å². The van der Waals surface area contributed by atoms with Gasteiger partial charge in [0, 0.05) is 45.1 Å². The van der Waals surface area contributed by atoms with E-state index in [2.05, 4.69) is 107 Å². The summed E-state index contributed by atoms with van der Waals surface area (Å²) in [6.07, 6.45) is 1.54. The largest absolute Gasteiger partial charge is 0.507 e. The molecule has 7 heteroatoms. The second-order valence-electron chi connectivity index (χ2n) is 16.1. The fourth-order valence-corrected chi connectivity index (χ4v) is 8.74. The Morgan fingerprint density at radius 2 is 1.09 bits per heavy atom. The predicted molar refractivity (Wildman–Crippen MR) is 183 cm³/mol. The van der Waals surface area contributed by atoms with E-state index in [1.54, 1.807) is 12.0 Å². The van der Waals surface area contributed by atoms with Crippen LogP contribution >= 0.6 is 23.5 Å². The van der Waals surface area contributed by atoms with E-state index in [0.717, 1.165) is 34.6 Å². The van der Waals surface area contributed by atoms with Crippen molar-refractivity contribution in [2.45, 2.75) is 131 Å². The van der Waals surface area contributed by atoms with Gasteiger partial charge in [-0.05, 0) is 58.8 Å². The number of piperidine rings is 1. The zero-order chi connectivity index (χ0) is 32.8. The third kappa shape index (κ3) is 8.26. The highest BCUT2D eigenvalue weighted by Crippen LogP contribution is 2.55. The highest BCUT2D eigenvalue weighted by molar-refractivity contribution is 8.18. The lowest BCUT2D eigenvalue weighted by atomic mass is 9.79. The van der Waals surface area contributed by atoms with Crippen LogP contribution in [0.15, 0.2) is 34.1 Å². The van der Waals surface area contributed by atoms with Crippen molar-refractivity contribution in [3.05, 3.63) is 46.5 Å². The van der Waals surface area contributed by atoms with Gasteiger partial charge in [0.2, 0.25) is 5.91 Å². The summed E-state index contributed by atoms with van der Waals surface area (Å²) in [6.45, 7) is 27.0. The van der Waals surface area contributed by atoms with Gasteiger partial charge in [-0.15, -0.1) is 23.5 Å². The first-order chi connectivity index (χ1) is 19.5. The number of thioether (sulfide) groups is 2. The Bertz CT molecular complexity index is 1240. The number of aromatic hydroxyl groups is 1. The molecule has 43 heavy (non-hydrogen) atoms. The molecule has 0 aliphatic carbocycles. The number of likely N-dealkylation sites (tertiary alicyclic amines) is 1. The summed E-state index contributed by atoms with van der Waals surface area (Å²) in [5.74, 6) is 1.12. The molecule has 1 heterocycles. The van der Waals surface area contributed by atoms with E-state index in [9.17, 15) is 15.0 Å². The van der Waals surface area contributed by atoms with Gasteiger partial charge in [0.25, 0.3) is 0 Å². The minimum absolute atomic E-state index is 0.112. The topological polar surface area (TPSA) is 70.0 Å². The Morgan fingerprint density at radius 1 is 0.744 bits per heavy atom. The number of phenolic OH excluding ortho intramolecular Hbond substituents is 1. The van der Waals surface area contributed by atoms with E-state index in [1.807, 2.05) is 23.5 Å². The van der Waals surface area contributed by atoms with Crippen molar-refractivity contribution >= 4 is 29.4 Å². The first kappa shape index (κ1) is 35.6. The third-order valence-corrected chi connectivity index (χ3v) is 11.2. The van der Waals surface area contributed by atoms with Crippen LogP contribution in [0.5, 0.6) is 11.5 Å². The second kappa shape index (κ2) is 12.5. The van der Waals surface area contributed by atoms with Crippen LogP contribution in [0, 0.1) is 0 Å². The SMILES string of the molecule is COc1c(C(C)(C)C)cc(SC2(Sc3cc(C(C)(C)C)c(O)c(C(C)(C)C)c3)CCN(C(=O)CO)CC2)cc1C(C)(C)C. The standard InChI is InChI=1S/C36H55NO4S2/c1-32(2,3)25-18-23(19-26(30(25)40)33(4,5)6)42-36(14-16-37(17-15-36)29(39)22-38)43-24-20-27(34(7,8)9)31(41-13)28(21-24)35(10,11)12/h18-21,38,40H,14-17,22H2,1-13H3. The Labute approximate surface area is 269 Å². The van der Waals surface area contributed by atoms with Gasteiger partial charge in [-0.2, -0.15) is 0 Å². The lowest BCUT2D eigenvalue weighted by molar-refractivity contribution is -0.135. The van der Waals surface area contributed by atoms with Gasteiger partial charge >= 0.3 is 0 Å². The number of amides is 1. The minimum Gasteiger partial charge on any atom is -0.507 e. The number of phenols is 1. The summed E-state index contributed by atoms with van der Waals surface area (Å²) in [5, 5.41) is 20.9. The second-order valence-corrected chi connectivity index (χ2v) is 19.2. The molecule has 1 fully saturated rings. The number of ether oxygens (including phenoxy) is 1. The number of aliphatic hydroxyl groups is 1. The molecule has 1 amide bonds. The molecule has 1 aliphatic heterocycles. The highest BCUT2D eigenvalue weighted by Gasteiger charge is 2.40. The number of rotatable bonds is 6. The molecule has 0 unspecified atom stereocenters. The summed E-state index contributed by atoms with van der Waals surface area (Å²) < 4.78 is 5.79. The van der Waals surface area contributed by atoms with E-state index in [4.69, 9.17) is 4.74 Å². The van der Waals surface area contributed by atoms with E-state index < -0.39 is 6.61 Å². The molecule has 0 spiro atoms. The van der Waals surface area contributed by atoms with Crippen LogP contribution in [0.1, 0.15) is 118 Å². The number of aliphatic hydroxyl groups excluding tert-OH is 1. The number of carbonyl (C=O) groups excluding carboxylic acids is 1. The lowest BCUT2D eigenvalue weighted by Gasteiger charge is -2.41. The molecule has 2 aromatic carbocycles. The van der Waals surface area contributed by atoms with E-state index in [-0.39, 0.29) is 31.6 Å². The average molecular weight is 630 g/mol. The number of hydrogen-bond donors (Lipinski definition) is 2. The molecule has 5 nitrogen and oxygen atoms in total. The number of carbonyl (C=O) groups is 1. The normalized spacial score (nSPS) is 16.4. The monoisotopic (exact) mass is 629 g/mol. The maximum atomic E-state index is 12.4. The molecule has 1 aliphatic rings. The third-order valence-electron chi connectivity index (χ3n) is 8.20. The smallest absolute Gasteiger partial charge is 0.248 e. The van der Waals surface area contributed by atoms with Gasteiger partial charge in [-0.1, -0.05) is 83.1 Å². The summed E-state index contributed by atoms with van der Waals surface area (Å²) in [6, 6.07) is 8.92. The zero-order valence-corrected chi connectivity index (χ0v) is 30.5. The molecule has 0 atom stereocenters. The molecule has 0 bridgehead atoms. The van der Waals surface area contributed by atoms with Crippen LogP contribution < -0.4 is 4.74 Å². The number of nitrogens with zero attached hydrogens (tertiary/aromatic N) is 1. The lowest BCUT2D eigenvalue weighted by Crippen LogP contribution is -2.44. The van der Waals surface area contributed by atoms with Gasteiger partial charge in [0.05, 0.1) is 11.2 Å². The molecule has 0 radical (unpaired) electrons. The molecule has 2 N–H and O–H groups in total. The van der Waals surface area contributed by atoms with Crippen LogP contribution in [0.3, 0.4) is 0 Å². The molecule has 2 aromatic rings. The van der Waals surface area contributed by atoms with Gasteiger partial charge in [0.1, 0.15) is 18.1 Å². The first-order valence-electron chi connectivity index (χ1n) is 15.4. The van der Waals surface area contributed by atoms with Crippen LogP contribution in [0.4, 0.5) is 0 Å². The number of benzene rings is 2. The number of methoxy groups -OCH3 is 1. The first-order valence-corrected chi connectivity index (χ1v) is 17.0. The Morgan fingerprint density at radius 3 is 1.40 bits per heavy atom. The molecular weight excluding hydrogens is 575 g/mol. The van der Waals surface area contributed by atoms with Crippen molar-refractivity contribution in [2.24, 2.45) is 0 Å². The van der Waals surface area contributed by atoms with Crippen LogP contribution in [-0.4, -0.2) is 51.9 Å². The quantitative estimate of drug-likeness (QED) is 0.311. The minimum atomic E-state index is -0.461. The van der Waals surface area contributed by atoms with Crippen LogP contribution in [-0.2, 0) is 26.5 Å². The Kier molecular flexibility index (Phi) is 10.4. The van der Waals surface area contributed by atoms with Crippen molar-refractivity contribution in [3.63, 3.8) is 0 Å². The van der Waals surface area contributed by atoms with E-state index >= 15 is 0 Å². The maximum absolute atomic E-state index is 12.4. The van der Waals surface area contributed by atoms with E-state index in [1.165, 1.54) is 16.0 Å². The maximum Gasteiger partial charge on any atom is 0.248 e. The van der Waals surface area contributed by atoms with Crippen molar-refractivity contribution in [1.29, 1.82) is 0 Å². The van der Waals surface area contributed by atoms with E-state index in [0.29, 0.717) is 18.8 Å². The van der Waals surface area contributed by atoms with Crippen LogP contribution in [0.25, 0.3) is 0 Å². The highest BCUT2D eigenvalue weighted by atomic mass is 32.2. The molecule has 240 valence electrons. The Balaban J connectivity index is 2.21. The van der Waals surface area contributed by atoms with Gasteiger partial charge in [-0.25, -0.2) is 0 Å². The predicted octanol–water partition coefficient (Wildman–Crippen LogP) is 8.79. The molecule has 0 aromatic heterocycles. The van der Waals surface area contributed by atoms with Crippen molar-refractivity contribution in [1.82, 2.24) is 4.90 Å². The molecule has 0 saturated carbocycles. The van der Waals surface area contributed by atoms with Gasteiger partial charge in [-0.3, -0.25) is 4.79 Å². The molecule has 1 saturated heterocycles.